The standard InChI is InChI=1S/C17H12ClFN4O3/c18-13-10-22(9-11-5-1-3-7-14(11)19)21-16(13)20-17(24)12-6-2-4-8-15(12)23(25)26/h1-8,10H,9H2,(H,20,21,24). The number of hydrogen-bond acceptors (Lipinski definition) is 4. The van der Waals surface area contributed by atoms with E-state index in [0.29, 0.717) is 5.56 Å². The van der Waals surface area contributed by atoms with Gasteiger partial charge in [-0.2, -0.15) is 5.10 Å². The fourth-order valence-electron chi connectivity index (χ4n) is 2.36. The molecule has 3 rings (SSSR count). The van der Waals surface area contributed by atoms with Crippen molar-refractivity contribution in [1.82, 2.24) is 9.78 Å². The molecule has 9 heteroatoms. The Bertz CT molecular complexity index is 990. The van der Waals surface area contributed by atoms with Gasteiger partial charge in [-0.1, -0.05) is 41.9 Å². The largest absolute Gasteiger partial charge is 0.304 e. The zero-order valence-electron chi connectivity index (χ0n) is 13.2. The summed E-state index contributed by atoms with van der Waals surface area (Å²) in [6, 6.07) is 11.7. The van der Waals surface area contributed by atoms with Crippen molar-refractivity contribution in [2.75, 3.05) is 5.32 Å². The number of para-hydroxylation sites is 1. The molecule has 0 bridgehead atoms. The maximum absolute atomic E-state index is 13.7. The van der Waals surface area contributed by atoms with Gasteiger partial charge in [0.05, 0.1) is 11.5 Å². The summed E-state index contributed by atoms with van der Waals surface area (Å²) in [7, 11) is 0. The number of halogens is 2. The van der Waals surface area contributed by atoms with Crippen LogP contribution >= 0.6 is 11.6 Å². The Labute approximate surface area is 152 Å². The van der Waals surface area contributed by atoms with Gasteiger partial charge in [0.15, 0.2) is 5.82 Å². The first kappa shape index (κ1) is 17.6. The summed E-state index contributed by atoms with van der Waals surface area (Å²) in [5, 5.41) is 17.7. The zero-order valence-corrected chi connectivity index (χ0v) is 14.0. The second kappa shape index (κ2) is 7.32. The van der Waals surface area contributed by atoms with Crippen molar-refractivity contribution in [1.29, 1.82) is 0 Å². The highest BCUT2D eigenvalue weighted by molar-refractivity contribution is 6.33. The summed E-state index contributed by atoms with van der Waals surface area (Å²) >= 11 is 6.06. The molecular formula is C17H12ClFN4O3. The van der Waals surface area contributed by atoms with E-state index in [2.05, 4.69) is 10.4 Å². The molecule has 0 radical (unpaired) electrons. The van der Waals surface area contributed by atoms with Crippen LogP contribution in [-0.4, -0.2) is 20.6 Å². The molecular weight excluding hydrogens is 363 g/mol. The zero-order chi connectivity index (χ0) is 18.7. The van der Waals surface area contributed by atoms with Crippen molar-refractivity contribution in [3.63, 3.8) is 0 Å². The van der Waals surface area contributed by atoms with Crippen LogP contribution in [0.1, 0.15) is 15.9 Å². The molecule has 132 valence electrons. The Hall–Kier alpha value is -3.26. The Kier molecular flexibility index (Phi) is 4.94. The lowest BCUT2D eigenvalue weighted by atomic mass is 10.1. The third-order valence-corrected chi connectivity index (χ3v) is 3.86. The Morgan fingerprint density at radius 2 is 1.92 bits per heavy atom. The molecule has 26 heavy (non-hydrogen) atoms. The SMILES string of the molecule is O=C(Nc1nn(Cc2ccccc2F)cc1Cl)c1ccccc1[N+](=O)[O-]. The summed E-state index contributed by atoms with van der Waals surface area (Å²) in [5.41, 5.74) is -0.0348. The maximum atomic E-state index is 13.7. The number of hydrogen-bond donors (Lipinski definition) is 1. The summed E-state index contributed by atoms with van der Waals surface area (Å²) in [6.07, 6.45) is 1.43. The summed E-state index contributed by atoms with van der Waals surface area (Å²) in [6.45, 7) is 0.119. The molecule has 3 aromatic rings. The molecule has 2 aromatic carbocycles. The van der Waals surface area contributed by atoms with Gasteiger partial charge in [0.25, 0.3) is 11.6 Å². The first-order valence-corrected chi connectivity index (χ1v) is 7.84. The van der Waals surface area contributed by atoms with Gasteiger partial charge in [-0.05, 0) is 12.1 Å². The molecule has 0 spiro atoms. The quantitative estimate of drug-likeness (QED) is 0.542. The number of carbonyl (C=O) groups excluding carboxylic acids is 1. The van der Waals surface area contributed by atoms with Crippen molar-refractivity contribution in [2.24, 2.45) is 0 Å². The minimum atomic E-state index is -0.713. The van der Waals surface area contributed by atoms with Crippen molar-refractivity contribution in [3.8, 4) is 0 Å². The van der Waals surface area contributed by atoms with E-state index in [1.807, 2.05) is 0 Å². The van der Waals surface area contributed by atoms with Crippen LogP contribution in [0.5, 0.6) is 0 Å². The van der Waals surface area contributed by atoms with Gasteiger partial charge in [-0.3, -0.25) is 19.6 Å². The Balaban J connectivity index is 1.81. The minimum Gasteiger partial charge on any atom is -0.304 e. The van der Waals surface area contributed by atoms with Gasteiger partial charge in [-0.15, -0.1) is 0 Å². The van der Waals surface area contributed by atoms with Gasteiger partial charge in [0.2, 0.25) is 0 Å². The van der Waals surface area contributed by atoms with E-state index in [-0.39, 0.29) is 34.5 Å². The van der Waals surface area contributed by atoms with E-state index in [0.717, 1.165) is 0 Å². The lowest BCUT2D eigenvalue weighted by Crippen LogP contribution is -2.15. The second-order valence-corrected chi connectivity index (χ2v) is 5.75. The number of carbonyl (C=O) groups is 1. The molecule has 7 nitrogen and oxygen atoms in total. The average Bonchev–Trinajstić information content (AvgIpc) is 2.96. The average molecular weight is 375 g/mol. The van der Waals surface area contributed by atoms with Crippen LogP contribution in [0.2, 0.25) is 5.02 Å². The first-order valence-electron chi connectivity index (χ1n) is 7.47. The Morgan fingerprint density at radius 3 is 2.65 bits per heavy atom. The monoisotopic (exact) mass is 374 g/mol. The van der Waals surface area contributed by atoms with E-state index in [9.17, 15) is 19.3 Å². The van der Waals surface area contributed by atoms with Crippen LogP contribution in [-0.2, 0) is 6.54 Å². The van der Waals surface area contributed by atoms with Gasteiger partial charge >= 0.3 is 0 Å². The van der Waals surface area contributed by atoms with Gasteiger partial charge in [0, 0.05) is 17.8 Å². The van der Waals surface area contributed by atoms with Crippen LogP contribution < -0.4 is 5.32 Å². The topological polar surface area (TPSA) is 90.1 Å². The summed E-state index contributed by atoms with van der Waals surface area (Å²) in [5.74, 6) is -1.06. The summed E-state index contributed by atoms with van der Waals surface area (Å²) < 4.78 is 15.1. The third kappa shape index (κ3) is 3.70. The molecule has 0 saturated carbocycles. The smallest absolute Gasteiger partial charge is 0.282 e. The molecule has 0 unspecified atom stereocenters. The number of nitro benzene ring substituents is 1. The lowest BCUT2D eigenvalue weighted by Gasteiger charge is -2.04. The van der Waals surface area contributed by atoms with Gasteiger partial charge < -0.3 is 5.32 Å². The first-order chi connectivity index (χ1) is 12.5. The van der Waals surface area contributed by atoms with E-state index in [1.54, 1.807) is 18.2 Å². The number of anilines is 1. The number of nitrogens with zero attached hydrogens (tertiary/aromatic N) is 3. The fourth-order valence-corrected chi connectivity index (χ4v) is 2.56. The highest BCUT2D eigenvalue weighted by Crippen LogP contribution is 2.23. The number of amides is 1. The van der Waals surface area contributed by atoms with Crippen molar-refractivity contribution >= 4 is 29.0 Å². The number of rotatable bonds is 5. The lowest BCUT2D eigenvalue weighted by molar-refractivity contribution is -0.385. The third-order valence-electron chi connectivity index (χ3n) is 3.58. The van der Waals surface area contributed by atoms with Crippen LogP contribution in [0, 0.1) is 15.9 Å². The fraction of sp³-hybridized carbons (Fsp3) is 0.0588. The summed E-state index contributed by atoms with van der Waals surface area (Å²) in [4.78, 5) is 22.7. The highest BCUT2D eigenvalue weighted by Gasteiger charge is 2.21. The van der Waals surface area contributed by atoms with Gasteiger partial charge in [-0.25, -0.2) is 4.39 Å². The van der Waals surface area contributed by atoms with E-state index < -0.39 is 10.8 Å². The molecule has 1 aromatic heterocycles. The number of nitrogens with one attached hydrogen (secondary N) is 1. The normalized spacial score (nSPS) is 10.5. The van der Waals surface area contributed by atoms with Crippen molar-refractivity contribution < 1.29 is 14.1 Å². The van der Waals surface area contributed by atoms with Crippen LogP contribution in [0.4, 0.5) is 15.9 Å². The minimum absolute atomic E-state index is 0.0335. The van der Waals surface area contributed by atoms with Crippen molar-refractivity contribution in [2.45, 2.75) is 6.54 Å². The maximum Gasteiger partial charge on any atom is 0.282 e. The van der Waals surface area contributed by atoms with Crippen LogP contribution in [0.15, 0.2) is 54.7 Å². The molecule has 1 N–H and O–H groups in total. The van der Waals surface area contributed by atoms with Crippen molar-refractivity contribution in [3.05, 3.63) is 86.8 Å². The molecule has 1 amide bonds. The predicted octanol–water partition coefficient (Wildman–Crippen LogP) is 3.88. The number of nitro groups is 1. The second-order valence-electron chi connectivity index (χ2n) is 5.34. The van der Waals surface area contributed by atoms with Gasteiger partial charge in [0.1, 0.15) is 16.4 Å². The molecule has 0 aliphatic rings. The highest BCUT2D eigenvalue weighted by atomic mass is 35.5. The van der Waals surface area contributed by atoms with E-state index >= 15 is 0 Å². The molecule has 0 aliphatic carbocycles. The number of aromatic nitrogens is 2. The molecule has 0 aliphatic heterocycles. The Morgan fingerprint density at radius 1 is 1.23 bits per heavy atom. The van der Waals surface area contributed by atoms with E-state index in [4.69, 9.17) is 11.6 Å². The molecule has 0 saturated heterocycles. The number of benzene rings is 2. The predicted molar refractivity (Wildman–Crippen MR) is 93.8 cm³/mol. The molecule has 0 fully saturated rings. The van der Waals surface area contributed by atoms with E-state index in [1.165, 1.54) is 41.2 Å². The van der Waals surface area contributed by atoms with Crippen LogP contribution in [0.25, 0.3) is 0 Å². The molecule has 0 atom stereocenters. The van der Waals surface area contributed by atoms with Crippen LogP contribution in [0.3, 0.4) is 0 Å². The molecule has 1 heterocycles.